The van der Waals surface area contributed by atoms with E-state index in [1.54, 1.807) is 0 Å². The molecule has 0 saturated carbocycles. The molecule has 0 saturated heterocycles. The summed E-state index contributed by atoms with van der Waals surface area (Å²) in [5.41, 5.74) is 2.30. The maximum Gasteiger partial charge on any atom is 0.0623 e. The van der Waals surface area contributed by atoms with Crippen molar-refractivity contribution in [2.75, 3.05) is 0 Å². The summed E-state index contributed by atoms with van der Waals surface area (Å²) in [5.74, 6) is 0. The minimum Gasteiger partial charge on any atom is -0.285 e. The van der Waals surface area contributed by atoms with Crippen LogP contribution in [-0.4, -0.2) is 16.1 Å². The van der Waals surface area contributed by atoms with Gasteiger partial charge in [-0.2, -0.15) is 0 Å². The third-order valence-corrected chi connectivity index (χ3v) is 2.37. The fourth-order valence-corrected chi connectivity index (χ4v) is 1.76. The van der Waals surface area contributed by atoms with Crippen molar-refractivity contribution >= 4 is 21.6 Å². The van der Waals surface area contributed by atoms with Crippen LogP contribution >= 0.6 is 15.9 Å². The number of benzene rings is 1. The number of nitrogens with zero attached hydrogens (tertiary/aromatic N) is 1. The molecule has 1 nitrogen and oxygen atoms in total. The highest BCUT2D eigenvalue weighted by Gasteiger charge is 2.22. The van der Waals surface area contributed by atoms with Gasteiger partial charge in [-0.25, -0.2) is 0 Å². The highest BCUT2D eigenvalue weighted by atomic mass is 79.9. The molecule has 0 radical (unpaired) electrons. The first-order chi connectivity index (χ1) is 6.91. The van der Waals surface area contributed by atoms with Crippen LogP contribution in [0.5, 0.6) is 0 Å². The molecule has 0 unspecified atom stereocenters. The Bertz CT molecular complexity index is 333. The Morgan fingerprint density at radius 1 is 1.20 bits per heavy atom. The predicted molar refractivity (Wildman–Crippen MR) is 71.1 cm³/mol. The van der Waals surface area contributed by atoms with E-state index in [0.717, 1.165) is 5.71 Å². The molecule has 2 heteroatoms. The van der Waals surface area contributed by atoms with Crippen molar-refractivity contribution in [3.8, 4) is 0 Å². The summed E-state index contributed by atoms with van der Waals surface area (Å²) in [7, 11) is 0. The molecule has 1 aromatic rings. The van der Waals surface area contributed by atoms with Crippen LogP contribution in [-0.2, 0) is 0 Å². The van der Waals surface area contributed by atoms with Crippen molar-refractivity contribution in [2.45, 2.75) is 38.1 Å². The summed E-state index contributed by atoms with van der Waals surface area (Å²) in [6, 6.07) is 10.6. The molecule has 0 aliphatic heterocycles. The van der Waals surface area contributed by atoms with Gasteiger partial charge in [-0.15, -0.1) is 0 Å². The van der Waals surface area contributed by atoms with Crippen LogP contribution in [0.1, 0.15) is 33.3 Å². The van der Waals surface area contributed by atoms with Gasteiger partial charge in [0.2, 0.25) is 0 Å². The first-order valence-corrected chi connectivity index (χ1v) is 6.03. The van der Waals surface area contributed by atoms with E-state index in [1.807, 2.05) is 18.2 Å². The zero-order chi connectivity index (χ0) is 11.5. The van der Waals surface area contributed by atoms with Gasteiger partial charge in [-0.05, 0) is 33.3 Å². The van der Waals surface area contributed by atoms with E-state index >= 15 is 0 Å². The van der Waals surface area contributed by atoms with Crippen LogP contribution in [0.15, 0.2) is 35.3 Å². The predicted octanol–water partition coefficient (Wildman–Crippen LogP) is 4.06. The number of hydrogen-bond donors (Lipinski definition) is 0. The average Bonchev–Trinajstić information content (AvgIpc) is 2.14. The van der Waals surface area contributed by atoms with E-state index in [9.17, 15) is 0 Å². The van der Waals surface area contributed by atoms with Crippen LogP contribution in [0, 0.1) is 0 Å². The molecule has 0 heterocycles. The van der Waals surface area contributed by atoms with Gasteiger partial charge < -0.3 is 0 Å². The lowest BCUT2D eigenvalue weighted by atomic mass is 9.99. The van der Waals surface area contributed by atoms with Crippen LogP contribution in [0.25, 0.3) is 0 Å². The third kappa shape index (κ3) is 3.78. The molecular weight excluding hydrogens is 250 g/mol. The Balaban J connectivity index is 3.15. The van der Waals surface area contributed by atoms with E-state index in [-0.39, 0.29) is 4.32 Å². The zero-order valence-corrected chi connectivity index (χ0v) is 11.4. The van der Waals surface area contributed by atoms with E-state index < -0.39 is 0 Å². The number of aliphatic imine (C=N–C) groups is 1. The summed E-state index contributed by atoms with van der Waals surface area (Å²) >= 11 is 3.68. The summed E-state index contributed by atoms with van der Waals surface area (Å²) in [4.78, 5) is 4.69. The van der Waals surface area contributed by atoms with Gasteiger partial charge in [0.25, 0.3) is 0 Å². The Morgan fingerprint density at radius 2 is 1.73 bits per heavy atom. The van der Waals surface area contributed by atoms with Crippen molar-refractivity contribution in [3.05, 3.63) is 35.9 Å². The average molecular weight is 268 g/mol. The van der Waals surface area contributed by atoms with Gasteiger partial charge in [-0.1, -0.05) is 46.3 Å². The van der Waals surface area contributed by atoms with Gasteiger partial charge in [-0.3, -0.25) is 4.99 Å². The van der Waals surface area contributed by atoms with Gasteiger partial charge >= 0.3 is 0 Å². The second-order valence-corrected chi connectivity index (χ2v) is 6.39. The number of alkyl halides is 1. The molecule has 0 aliphatic rings. The molecular formula is C13H18BrN. The Labute approximate surface area is 101 Å². The van der Waals surface area contributed by atoms with Gasteiger partial charge in [0.05, 0.1) is 10.0 Å². The van der Waals surface area contributed by atoms with Crippen molar-refractivity contribution < 1.29 is 0 Å². The molecule has 0 fully saturated rings. The molecule has 0 bridgehead atoms. The lowest BCUT2D eigenvalue weighted by molar-refractivity contribution is 0.817. The second-order valence-electron chi connectivity index (χ2n) is 4.41. The monoisotopic (exact) mass is 267 g/mol. The van der Waals surface area contributed by atoms with Crippen molar-refractivity contribution in [1.82, 2.24) is 0 Å². The molecule has 0 aromatic heterocycles. The van der Waals surface area contributed by atoms with Crippen molar-refractivity contribution in [2.24, 2.45) is 4.99 Å². The quantitative estimate of drug-likeness (QED) is 0.579. The first kappa shape index (κ1) is 12.4. The molecule has 1 rings (SSSR count). The van der Waals surface area contributed by atoms with E-state index in [1.165, 1.54) is 5.56 Å². The number of rotatable bonds is 3. The Hall–Kier alpha value is -0.630. The molecule has 0 aliphatic carbocycles. The number of halogens is 1. The fourth-order valence-electron chi connectivity index (χ4n) is 1.43. The maximum absolute atomic E-state index is 4.69. The minimum absolute atomic E-state index is 0.0847. The highest BCUT2D eigenvalue weighted by Crippen LogP contribution is 2.23. The standard InChI is InChI=1S/C13H18BrN/c1-10(2)15-12(13(3,4)14)11-8-6-5-7-9-11/h5-10H,1-4H3. The fraction of sp³-hybridized carbons (Fsp3) is 0.462. The molecule has 0 amide bonds. The molecule has 0 spiro atoms. The van der Waals surface area contributed by atoms with Gasteiger partial charge in [0, 0.05) is 6.04 Å². The first-order valence-electron chi connectivity index (χ1n) is 5.24. The third-order valence-electron chi connectivity index (χ3n) is 2.00. The van der Waals surface area contributed by atoms with Crippen molar-refractivity contribution in [3.63, 3.8) is 0 Å². The normalized spacial score (nSPS) is 13.3. The van der Waals surface area contributed by atoms with E-state index in [2.05, 4.69) is 60.8 Å². The Kier molecular flexibility index (Phi) is 4.09. The largest absolute Gasteiger partial charge is 0.285 e. The topological polar surface area (TPSA) is 12.4 Å². The van der Waals surface area contributed by atoms with Crippen LogP contribution in [0.4, 0.5) is 0 Å². The van der Waals surface area contributed by atoms with Gasteiger partial charge in [0.1, 0.15) is 0 Å². The summed E-state index contributed by atoms with van der Waals surface area (Å²) in [6.07, 6.45) is 0. The molecule has 15 heavy (non-hydrogen) atoms. The summed E-state index contributed by atoms with van der Waals surface area (Å²) in [6.45, 7) is 8.45. The van der Waals surface area contributed by atoms with Crippen LogP contribution in [0.2, 0.25) is 0 Å². The van der Waals surface area contributed by atoms with E-state index in [4.69, 9.17) is 0 Å². The SMILES string of the molecule is CC(C)N=C(c1ccccc1)C(C)(C)Br. The summed E-state index contributed by atoms with van der Waals surface area (Å²) < 4.78 is -0.0847. The minimum atomic E-state index is -0.0847. The van der Waals surface area contributed by atoms with Crippen LogP contribution < -0.4 is 0 Å². The second kappa shape index (κ2) is 4.93. The molecule has 1 aromatic carbocycles. The van der Waals surface area contributed by atoms with E-state index in [0.29, 0.717) is 6.04 Å². The van der Waals surface area contributed by atoms with Crippen LogP contribution in [0.3, 0.4) is 0 Å². The lowest BCUT2D eigenvalue weighted by Crippen LogP contribution is -2.26. The number of hydrogen-bond acceptors (Lipinski definition) is 1. The molecule has 0 atom stereocenters. The Morgan fingerprint density at radius 3 is 2.13 bits per heavy atom. The lowest BCUT2D eigenvalue weighted by Gasteiger charge is -2.21. The smallest absolute Gasteiger partial charge is 0.0623 e. The molecule has 82 valence electrons. The summed E-state index contributed by atoms with van der Waals surface area (Å²) in [5, 5.41) is 0. The zero-order valence-electron chi connectivity index (χ0n) is 9.79. The molecule has 0 N–H and O–H groups in total. The highest BCUT2D eigenvalue weighted by molar-refractivity contribution is 9.10. The van der Waals surface area contributed by atoms with Gasteiger partial charge in [0.15, 0.2) is 0 Å². The van der Waals surface area contributed by atoms with Crippen molar-refractivity contribution in [1.29, 1.82) is 0 Å². The maximum atomic E-state index is 4.69.